The van der Waals surface area contributed by atoms with Crippen molar-refractivity contribution in [3.63, 3.8) is 0 Å². The zero-order valence-electron chi connectivity index (χ0n) is 13.7. The molecule has 0 fully saturated rings. The van der Waals surface area contributed by atoms with Crippen molar-refractivity contribution in [1.29, 1.82) is 0 Å². The van der Waals surface area contributed by atoms with Crippen LogP contribution in [0, 0.1) is 0 Å². The molecule has 0 spiro atoms. The number of hydrogen-bond acceptors (Lipinski definition) is 5. The molecule has 0 saturated heterocycles. The van der Waals surface area contributed by atoms with Gasteiger partial charge < -0.3 is 9.47 Å². The molecule has 0 saturated carbocycles. The third-order valence-electron chi connectivity index (χ3n) is 2.99. The SMILES string of the molecule is CC(C)(C)c1csc(NC(=O)COCCOc2ccccc2)n1. The minimum absolute atomic E-state index is 0.0113. The third-order valence-corrected chi connectivity index (χ3v) is 3.75. The molecule has 0 radical (unpaired) electrons. The summed E-state index contributed by atoms with van der Waals surface area (Å²) in [4.78, 5) is 16.2. The molecule has 0 aliphatic carbocycles. The van der Waals surface area contributed by atoms with Crippen molar-refractivity contribution in [2.75, 3.05) is 25.1 Å². The van der Waals surface area contributed by atoms with Gasteiger partial charge in [-0.2, -0.15) is 0 Å². The number of ether oxygens (including phenoxy) is 2. The van der Waals surface area contributed by atoms with Gasteiger partial charge in [0.2, 0.25) is 0 Å². The molecular weight excluding hydrogens is 312 g/mol. The first kappa shape index (κ1) is 17.4. The van der Waals surface area contributed by atoms with E-state index in [0.717, 1.165) is 11.4 Å². The van der Waals surface area contributed by atoms with Crippen molar-refractivity contribution in [3.05, 3.63) is 41.4 Å². The molecule has 0 bridgehead atoms. The summed E-state index contributed by atoms with van der Waals surface area (Å²) in [6.07, 6.45) is 0. The molecule has 6 heteroatoms. The summed E-state index contributed by atoms with van der Waals surface area (Å²) in [5.74, 6) is 0.581. The molecule has 0 aliphatic heterocycles. The van der Waals surface area contributed by atoms with Gasteiger partial charge in [-0.1, -0.05) is 39.0 Å². The summed E-state index contributed by atoms with van der Waals surface area (Å²) in [6.45, 7) is 7.01. The van der Waals surface area contributed by atoms with Crippen molar-refractivity contribution in [2.45, 2.75) is 26.2 Å². The Balaban J connectivity index is 1.64. The van der Waals surface area contributed by atoms with E-state index >= 15 is 0 Å². The Hall–Kier alpha value is -1.92. The van der Waals surface area contributed by atoms with E-state index in [2.05, 4.69) is 31.1 Å². The first-order valence-corrected chi connectivity index (χ1v) is 8.34. The second-order valence-corrected chi connectivity index (χ2v) is 6.91. The van der Waals surface area contributed by atoms with Gasteiger partial charge in [-0.15, -0.1) is 11.3 Å². The van der Waals surface area contributed by atoms with Gasteiger partial charge in [-0.3, -0.25) is 10.1 Å². The lowest BCUT2D eigenvalue weighted by Gasteiger charge is -2.14. The van der Waals surface area contributed by atoms with Gasteiger partial charge in [0, 0.05) is 10.8 Å². The third kappa shape index (κ3) is 6.00. The van der Waals surface area contributed by atoms with Crippen LogP contribution in [0.4, 0.5) is 5.13 Å². The second-order valence-electron chi connectivity index (χ2n) is 6.05. The Morgan fingerprint density at radius 2 is 1.96 bits per heavy atom. The van der Waals surface area contributed by atoms with Crippen LogP contribution in [0.1, 0.15) is 26.5 Å². The summed E-state index contributed by atoms with van der Waals surface area (Å²) in [5, 5.41) is 5.31. The maximum Gasteiger partial charge on any atom is 0.252 e. The summed E-state index contributed by atoms with van der Waals surface area (Å²) in [7, 11) is 0. The van der Waals surface area contributed by atoms with Gasteiger partial charge in [0.15, 0.2) is 5.13 Å². The molecule has 5 nitrogen and oxygen atoms in total. The number of thiazole rings is 1. The van der Waals surface area contributed by atoms with Crippen molar-refractivity contribution in [2.24, 2.45) is 0 Å². The average Bonchev–Trinajstić information content (AvgIpc) is 2.96. The number of rotatable bonds is 7. The van der Waals surface area contributed by atoms with Gasteiger partial charge in [-0.05, 0) is 12.1 Å². The van der Waals surface area contributed by atoms with Crippen molar-refractivity contribution in [1.82, 2.24) is 4.98 Å². The van der Waals surface area contributed by atoms with Crippen LogP contribution in [-0.4, -0.2) is 30.7 Å². The maximum absolute atomic E-state index is 11.8. The van der Waals surface area contributed by atoms with Crippen LogP contribution in [0.15, 0.2) is 35.7 Å². The minimum Gasteiger partial charge on any atom is -0.491 e. The fourth-order valence-corrected chi connectivity index (χ4v) is 2.68. The number of nitrogens with zero attached hydrogens (tertiary/aromatic N) is 1. The van der Waals surface area contributed by atoms with Crippen LogP contribution in [0.25, 0.3) is 0 Å². The number of benzene rings is 1. The Labute approximate surface area is 140 Å². The first-order valence-electron chi connectivity index (χ1n) is 7.46. The van der Waals surface area contributed by atoms with E-state index in [9.17, 15) is 4.79 Å². The number of aromatic nitrogens is 1. The molecule has 2 aromatic rings. The van der Waals surface area contributed by atoms with E-state index < -0.39 is 0 Å². The fraction of sp³-hybridized carbons (Fsp3) is 0.412. The number of carbonyl (C=O) groups is 1. The molecule has 23 heavy (non-hydrogen) atoms. The van der Waals surface area contributed by atoms with Crippen LogP contribution in [0.5, 0.6) is 5.75 Å². The number of hydrogen-bond donors (Lipinski definition) is 1. The van der Waals surface area contributed by atoms with Crippen LogP contribution < -0.4 is 10.1 Å². The number of anilines is 1. The highest BCUT2D eigenvalue weighted by molar-refractivity contribution is 7.13. The molecule has 124 valence electrons. The molecule has 2 rings (SSSR count). The lowest BCUT2D eigenvalue weighted by Crippen LogP contribution is -2.20. The average molecular weight is 334 g/mol. The Kier molecular flexibility index (Phi) is 6.12. The van der Waals surface area contributed by atoms with Crippen LogP contribution in [-0.2, 0) is 14.9 Å². The Bertz CT molecular complexity index is 620. The molecule has 1 aromatic heterocycles. The predicted octanol–water partition coefficient (Wildman–Crippen LogP) is 3.47. The van der Waals surface area contributed by atoms with Gasteiger partial charge in [0.25, 0.3) is 5.91 Å². The minimum atomic E-state index is -0.209. The first-order chi connectivity index (χ1) is 10.9. The number of carbonyl (C=O) groups excluding carboxylic acids is 1. The summed E-state index contributed by atoms with van der Waals surface area (Å²) < 4.78 is 10.8. The largest absolute Gasteiger partial charge is 0.491 e. The van der Waals surface area contributed by atoms with Crippen LogP contribution in [0.2, 0.25) is 0 Å². The molecule has 0 atom stereocenters. The fourth-order valence-electron chi connectivity index (χ4n) is 1.73. The van der Waals surface area contributed by atoms with Crippen molar-refractivity contribution in [3.8, 4) is 5.75 Å². The van der Waals surface area contributed by atoms with E-state index in [1.807, 2.05) is 35.7 Å². The number of nitrogens with one attached hydrogen (secondary N) is 1. The highest BCUT2D eigenvalue weighted by atomic mass is 32.1. The predicted molar refractivity (Wildman–Crippen MR) is 92.2 cm³/mol. The normalized spacial score (nSPS) is 11.3. The molecule has 1 amide bonds. The Morgan fingerprint density at radius 1 is 1.22 bits per heavy atom. The number of amides is 1. The molecule has 0 unspecified atom stereocenters. The van der Waals surface area contributed by atoms with Crippen LogP contribution >= 0.6 is 11.3 Å². The zero-order valence-corrected chi connectivity index (χ0v) is 14.5. The van der Waals surface area contributed by atoms with E-state index in [-0.39, 0.29) is 17.9 Å². The topological polar surface area (TPSA) is 60.5 Å². The molecule has 1 N–H and O–H groups in total. The molecule has 0 aliphatic rings. The zero-order chi connectivity index (χ0) is 16.7. The molecular formula is C17H22N2O3S. The lowest BCUT2D eigenvalue weighted by molar-refractivity contribution is -0.120. The summed E-state index contributed by atoms with van der Waals surface area (Å²) in [6, 6.07) is 9.49. The number of para-hydroxylation sites is 1. The highest BCUT2D eigenvalue weighted by Gasteiger charge is 2.18. The monoisotopic (exact) mass is 334 g/mol. The van der Waals surface area contributed by atoms with E-state index in [0.29, 0.717) is 18.3 Å². The molecule has 1 aromatic carbocycles. The van der Waals surface area contributed by atoms with Gasteiger partial charge in [0.1, 0.15) is 19.0 Å². The van der Waals surface area contributed by atoms with Crippen molar-refractivity contribution >= 4 is 22.4 Å². The van der Waals surface area contributed by atoms with Gasteiger partial charge in [-0.25, -0.2) is 4.98 Å². The Morgan fingerprint density at radius 3 is 2.61 bits per heavy atom. The summed E-state index contributed by atoms with van der Waals surface area (Å²) >= 11 is 1.42. The van der Waals surface area contributed by atoms with E-state index in [1.165, 1.54) is 11.3 Å². The van der Waals surface area contributed by atoms with Crippen molar-refractivity contribution < 1.29 is 14.3 Å². The smallest absolute Gasteiger partial charge is 0.252 e. The van der Waals surface area contributed by atoms with Gasteiger partial charge in [0.05, 0.1) is 12.3 Å². The second kappa shape index (κ2) is 8.08. The standard InChI is InChI=1S/C17H22N2O3S/c1-17(2,3)14-12-23-16(18-14)19-15(20)11-21-9-10-22-13-7-5-4-6-8-13/h4-8,12H,9-11H2,1-3H3,(H,18,19,20). The highest BCUT2D eigenvalue weighted by Crippen LogP contribution is 2.26. The quantitative estimate of drug-likeness (QED) is 0.788. The molecule has 1 heterocycles. The van der Waals surface area contributed by atoms with Crippen LogP contribution in [0.3, 0.4) is 0 Å². The maximum atomic E-state index is 11.8. The van der Waals surface area contributed by atoms with E-state index in [1.54, 1.807) is 0 Å². The summed E-state index contributed by atoms with van der Waals surface area (Å²) in [5.41, 5.74) is 0.945. The van der Waals surface area contributed by atoms with E-state index in [4.69, 9.17) is 9.47 Å². The van der Waals surface area contributed by atoms with Gasteiger partial charge >= 0.3 is 0 Å². The lowest BCUT2D eigenvalue weighted by atomic mass is 9.93.